The standard InChI is InChI=1S/C17H24N4O2/c1-13-6-3-4-8-16(13)23-11-14(22)10-21-9-5-7-15(21)17-19-18-12-20(17)2/h3-4,6,8,12,14-15,22H,5,7,9-11H2,1-2H3. The summed E-state index contributed by atoms with van der Waals surface area (Å²) >= 11 is 0. The van der Waals surface area contributed by atoms with Gasteiger partial charge >= 0.3 is 0 Å². The second-order valence-electron chi connectivity index (χ2n) is 6.18. The highest BCUT2D eigenvalue weighted by Crippen LogP contribution is 2.30. The summed E-state index contributed by atoms with van der Waals surface area (Å²) in [6.07, 6.45) is 3.37. The Morgan fingerprint density at radius 1 is 1.39 bits per heavy atom. The van der Waals surface area contributed by atoms with Gasteiger partial charge in [0.25, 0.3) is 0 Å². The number of rotatable bonds is 6. The van der Waals surface area contributed by atoms with E-state index < -0.39 is 6.10 Å². The van der Waals surface area contributed by atoms with Gasteiger partial charge in [0.2, 0.25) is 0 Å². The van der Waals surface area contributed by atoms with Crippen molar-refractivity contribution in [3.63, 3.8) is 0 Å². The maximum absolute atomic E-state index is 10.3. The summed E-state index contributed by atoms with van der Waals surface area (Å²) in [5, 5.41) is 18.5. The molecule has 6 heteroatoms. The molecule has 3 rings (SSSR count). The first-order valence-electron chi connectivity index (χ1n) is 8.09. The molecule has 1 aliphatic rings. The van der Waals surface area contributed by atoms with Crippen LogP contribution in [0.3, 0.4) is 0 Å². The third-order valence-electron chi connectivity index (χ3n) is 4.38. The van der Waals surface area contributed by atoms with Crippen molar-refractivity contribution in [3.05, 3.63) is 42.0 Å². The molecule has 1 aliphatic heterocycles. The molecule has 1 fully saturated rings. The van der Waals surface area contributed by atoms with E-state index in [9.17, 15) is 5.11 Å². The van der Waals surface area contributed by atoms with Crippen LogP contribution in [0, 0.1) is 6.92 Å². The molecule has 0 amide bonds. The van der Waals surface area contributed by atoms with E-state index in [1.54, 1.807) is 6.33 Å². The lowest BCUT2D eigenvalue weighted by Crippen LogP contribution is -2.36. The van der Waals surface area contributed by atoms with E-state index in [0.29, 0.717) is 13.2 Å². The highest BCUT2D eigenvalue weighted by atomic mass is 16.5. The molecule has 0 saturated carbocycles. The third-order valence-corrected chi connectivity index (χ3v) is 4.38. The molecule has 1 aromatic heterocycles. The fraction of sp³-hybridized carbons (Fsp3) is 0.529. The van der Waals surface area contributed by atoms with E-state index in [0.717, 1.165) is 36.5 Å². The van der Waals surface area contributed by atoms with Gasteiger partial charge in [-0.3, -0.25) is 4.90 Å². The Bertz CT molecular complexity index is 643. The van der Waals surface area contributed by atoms with E-state index in [2.05, 4.69) is 15.1 Å². The number of nitrogens with zero attached hydrogens (tertiary/aromatic N) is 4. The predicted molar refractivity (Wildman–Crippen MR) is 87.2 cm³/mol. The van der Waals surface area contributed by atoms with Crippen molar-refractivity contribution in [1.82, 2.24) is 19.7 Å². The van der Waals surface area contributed by atoms with Gasteiger partial charge in [-0.05, 0) is 37.9 Å². The number of para-hydroxylation sites is 1. The van der Waals surface area contributed by atoms with E-state index in [1.807, 2.05) is 42.8 Å². The lowest BCUT2D eigenvalue weighted by molar-refractivity contribution is 0.0620. The average molecular weight is 316 g/mol. The number of hydrogen-bond donors (Lipinski definition) is 1. The van der Waals surface area contributed by atoms with E-state index in [-0.39, 0.29) is 6.04 Å². The molecule has 2 heterocycles. The van der Waals surface area contributed by atoms with Crippen molar-refractivity contribution in [2.75, 3.05) is 19.7 Å². The Kier molecular flexibility index (Phi) is 4.93. The van der Waals surface area contributed by atoms with Gasteiger partial charge in [-0.2, -0.15) is 0 Å². The zero-order chi connectivity index (χ0) is 16.2. The molecule has 2 atom stereocenters. The molecule has 124 valence electrons. The minimum absolute atomic E-state index is 0.232. The number of aromatic nitrogens is 3. The molecule has 0 spiro atoms. The van der Waals surface area contributed by atoms with E-state index in [4.69, 9.17) is 4.74 Å². The summed E-state index contributed by atoms with van der Waals surface area (Å²) in [7, 11) is 1.96. The highest BCUT2D eigenvalue weighted by Gasteiger charge is 2.30. The van der Waals surface area contributed by atoms with Crippen molar-refractivity contribution in [3.8, 4) is 5.75 Å². The van der Waals surface area contributed by atoms with Gasteiger partial charge < -0.3 is 14.4 Å². The quantitative estimate of drug-likeness (QED) is 0.879. The molecule has 2 unspecified atom stereocenters. The molecule has 1 saturated heterocycles. The minimum atomic E-state index is -0.525. The number of likely N-dealkylation sites (tertiary alicyclic amines) is 1. The summed E-state index contributed by atoms with van der Waals surface area (Å²) in [6, 6.07) is 8.09. The maximum Gasteiger partial charge on any atom is 0.149 e. The Labute approximate surface area is 136 Å². The van der Waals surface area contributed by atoms with Crippen LogP contribution in [0.4, 0.5) is 0 Å². The normalized spacial score (nSPS) is 19.9. The van der Waals surface area contributed by atoms with Crippen molar-refractivity contribution >= 4 is 0 Å². The first-order chi connectivity index (χ1) is 11.1. The van der Waals surface area contributed by atoms with Crippen molar-refractivity contribution < 1.29 is 9.84 Å². The van der Waals surface area contributed by atoms with Crippen molar-refractivity contribution in [2.45, 2.75) is 31.9 Å². The SMILES string of the molecule is Cc1ccccc1OCC(O)CN1CCCC1c1nncn1C. The molecular weight excluding hydrogens is 292 g/mol. The number of β-amino-alcohol motifs (C(OH)–C–C–N with tert-alkyl or cyclic N) is 1. The van der Waals surface area contributed by atoms with E-state index in [1.165, 1.54) is 0 Å². The molecule has 1 N–H and O–H groups in total. The lowest BCUT2D eigenvalue weighted by Gasteiger charge is -2.26. The van der Waals surface area contributed by atoms with Gasteiger partial charge in [0.15, 0.2) is 0 Å². The van der Waals surface area contributed by atoms with Crippen LogP contribution in [-0.4, -0.2) is 50.6 Å². The molecular formula is C17H24N4O2. The van der Waals surface area contributed by atoms with Crippen molar-refractivity contribution in [2.24, 2.45) is 7.05 Å². The summed E-state index contributed by atoms with van der Waals surface area (Å²) < 4.78 is 7.71. The molecule has 6 nitrogen and oxygen atoms in total. The average Bonchev–Trinajstić information content (AvgIpc) is 3.15. The van der Waals surface area contributed by atoms with Crippen LogP contribution in [0.25, 0.3) is 0 Å². The first-order valence-corrected chi connectivity index (χ1v) is 8.09. The van der Waals surface area contributed by atoms with Crippen LogP contribution in [0.2, 0.25) is 0 Å². The Hall–Kier alpha value is -1.92. The molecule has 23 heavy (non-hydrogen) atoms. The van der Waals surface area contributed by atoms with Gasteiger partial charge in [-0.15, -0.1) is 10.2 Å². The Balaban J connectivity index is 1.56. The minimum Gasteiger partial charge on any atom is -0.491 e. The number of aliphatic hydroxyl groups is 1. The van der Waals surface area contributed by atoms with Crippen LogP contribution >= 0.6 is 0 Å². The summed E-state index contributed by atoms with van der Waals surface area (Å²) in [6.45, 7) is 3.86. The zero-order valence-electron chi connectivity index (χ0n) is 13.7. The van der Waals surface area contributed by atoms with Crippen LogP contribution in [0.5, 0.6) is 5.75 Å². The smallest absolute Gasteiger partial charge is 0.149 e. The Morgan fingerprint density at radius 3 is 2.96 bits per heavy atom. The van der Waals surface area contributed by atoms with Gasteiger partial charge in [0.1, 0.15) is 30.6 Å². The second-order valence-corrected chi connectivity index (χ2v) is 6.18. The maximum atomic E-state index is 10.3. The number of aryl methyl sites for hydroxylation is 2. The molecule has 0 aliphatic carbocycles. The molecule has 0 bridgehead atoms. The molecule has 2 aromatic rings. The molecule has 1 aromatic carbocycles. The predicted octanol–water partition coefficient (Wildman–Crippen LogP) is 1.70. The summed E-state index contributed by atoms with van der Waals surface area (Å²) in [5.41, 5.74) is 1.08. The second kappa shape index (κ2) is 7.10. The van der Waals surface area contributed by atoms with Gasteiger partial charge in [0, 0.05) is 13.6 Å². The fourth-order valence-electron chi connectivity index (χ4n) is 3.16. The number of benzene rings is 1. The number of ether oxygens (including phenoxy) is 1. The van der Waals surface area contributed by atoms with Crippen LogP contribution in [-0.2, 0) is 7.05 Å². The lowest BCUT2D eigenvalue weighted by atomic mass is 10.2. The van der Waals surface area contributed by atoms with Gasteiger partial charge in [0.05, 0.1) is 6.04 Å². The van der Waals surface area contributed by atoms with E-state index >= 15 is 0 Å². The molecule has 0 radical (unpaired) electrons. The Morgan fingerprint density at radius 2 is 2.22 bits per heavy atom. The van der Waals surface area contributed by atoms with Crippen molar-refractivity contribution in [1.29, 1.82) is 0 Å². The number of hydrogen-bond acceptors (Lipinski definition) is 5. The number of aliphatic hydroxyl groups excluding tert-OH is 1. The summed E-state index contributed by atoms with van der Waals surface area (Å²) in [5.74, 6) is 1.80. The largest absolute Gasteiger partial charge is 0.491 e. The van der Waals surface area contributed by atoms with Crippen LogP contribution in [0.15, 0.2) is 30.6 Å². The fourth-order valence-corrected chi connectivity index (χ4v) is 3.16. The highest BCUT2D eigenvalue weighted by molar-refractivity contribution is 5.31. The van der Waals surface area contributed by atoms with Crippen LogP contribution in [0.1, 0.15) is 30.3 Å². The van der Waals surface area contributed by atoms with Crippen LogP contribution < -0.4 is 4.74 Å². The first kappa shape index (κ1) is 16.0. The monoisotopic (exact) mass is 316 g/mol. The summed E-state index contributed by atoms with van der Waals surface area (Å²) in [4.78, 5) is 2.27. The topological polar surface area (TPSA) is 63.4 Å². The zero-order valence-corrected chi connectivity index (χ0v) is 13.7. The van der Waals surface area contributed by atoms with Gasteiger partial charge in [-0.1, -0.05) is 18.2 Å². The third kappa shape index (κ3) is 3.71. The van der Waals surface area contributed by atoms with Gasteiger partial charge in [-0.25, -0.2) is 0 Å².